The third kappa shape index (κ3) is 117. The van der Waals surface area contributed by atoms with Gasteiger partial charge in [0, 0.05) is 68.8 Å². The van der Waals surface area contributed by atoms with Crippen LogP contribution in [0.5, 0.6) is 0 Å². The van der Waals surface area contributed by atoms with Crippen LogP contribution in [0.2, 0.25) is 0 Å². The number of rotatable bonds is 41. The maximum Gasteiger partial charge on any atom is 0.325 e. The number of ether oxygens (including phenoxy) is 1. The number of aliphatic carboxylic acids is 12. The number of methoxy groups -OCH3 is 1. The molecule has 1 fully saturated rings. The number of nitrogens with one attached hydrogen (secondary N) is 4. The summed E-state index contributed by atoms with van der Waals surface area (Å²) in [5.41, 5.74) is 71.2. The molecule has 1 saturated heterocycles. The number of benzene rings is 1. The minimum absolute atomic E-state index is 0. The Morgan fingerprint density at radius 3 is 1.03 bits per heavy atom. The summed E-state index contributed by atoms with van der Waals surface area (Å²) in [7, 11) is -2.99. The average molecular weight is 1880 g/mol. The molecule has 1 aromatic carbocycles. The van der Waals surface area contributed by atoms with Gasteiger partial charge < -0.3 is 173 Å². The zero-order valence-corrected chi connectivity index (χ0v) is 71.3. The van der Waals surface area contributed by atoms with Gasteiger partial charge in [0.2, 0.25) is 0 Å². The molecule has 0 bridgehead atoms. The number of thiol groups is 1. The van der Waals surface area contributed by atoms with Gasteiger partial charge in [-0.3, -0.25) is 61.7 Å². The third-order valence-corrected chi connectivity index (χ3v) is 15.8. The Balaban J connectivity index is -0.0000000811. The lowest BCUT2D eigenvalue weighted by atomic mass is 9.88. The number of urea groups is 3. The number of aliphatic hydroxyl groups is 1. The Morgan fingerprint density at radius 1 is 0.480 bits per heavy atom. The van der Waals surface area contributed by atoms with Crippen molar-refractivity contribution in [2.75, 3.05) is 69.7 Å². The number of primary amides is 3. The van der Waals surface area contributed by atoms with Crippen LogP contribution >= 0.6 is 12.6 Å². The highest BCUT2D eigenvalue weighted by Crippen LogP contribution is 2.17. The number of unbranched alkanes of at least 4 members (excludes halogenated alkanes) is 6. The molecule has 2 rings (SSSR count). The first kappa shape index (κ1) is 150. The largest absolute Gasteiger partial charge is 0.480 e. The van der Waals surface area contributed by atoms with Gasteiger partial charge in [-0.15, -0.1) is 0 Å². The highest BCUT2D eigenvalue weighted by atomic mass is 32.2. The van der Waals surface area contributed by atoms with Crippen LogP contribution in [0.3, 0.4) is 0 Å². The fourth-order valence-corrected chi connectivity index (χ4v) is 8.47. The second-order valence-corrected chi connectivity index (χ2v) is 30.3. The van der Waals surface area contributed by atoms with Crippen molar-refractivity contribution >= 4 is 123 Å². The summed E-state index contributed by atoms with van der Waals surface area (Å²) in [5, 5.41) is 118. The quantitative estimate of drug-likeness (QED) is 0.0241. The predicted octanol–water partition coefficient (Wildman–Crippen LogP) is -2.33. The Hall–Kier alpha value is -9.44. The fourth-order valence-electron chi connectivity index (χ4n) is 6.74. The molecule has 0 radical (unpaired) electrons. The highest BCUT2D eigenvalue weighted by Gasteiger charge is 2.28. The number of carboxylic acids is 12. The van der Waals surface area contributed by atoms with Crippen molar-refractivity contribution < 1.29 is 156 Å². The van der Waals surface area contributed by atoms with Gasteiger partial charge in [-0.25, -0.2) is 22.8 Å². The first-order valence-electron chi connectivity index (χ1n) is 36.2. The summed E-state index contributed by atoms with van der Waals surface area (Å²) in [6.07, 6.45) is 13.9. The monoisotopic (exact) mass is 1880 g/mol. The van der Waals surface area contributed by atoms with E-state index in [9.17, 15) is 84.5 Å². The van der Waals surface area contributed by atoms with E-state index in [2.05, 4.69) is 58.2 Å². The van der Waals surface area contributed by atoms with Gasteiger partial charge >= 0.3 is 89.7 Å². The van der Waals surface area contributed by atoms with Gasteiger partial charge in [-0.1, -0.05) is 147 Å². The molecule has 14 atom stereocenters. The molecular weight excluding hydrogens is 1730 g/mol. The van der Waals surface area contributed by atoms with Crippen molar-refractivity contribution in [2.24, 2.45) is 85.7 Å². The maximum atomic E-state index is 10.4. The van der Waals surface area contributed by atoms with E-state index in [1.54, 1.807) is 45.0 Å². The number of carboxylic acid groups (broad SMARTS) is 12. The minimum atomic E-state index is -3.27. The molecule has 0 spiro atoms. The molecule has 1 aliphatic rings. The topological polar surface area (TPSA) is 992 Å². The second-order valence-electron chi connectivity index (χ2n) is 26.2. The Kier molecular flexibility index (Phi) is 111. The summed E-state index contributed by atoms with van der Waals surface area (Å²) in [4.78, 5) is 152. The smallest absolute Gasteiger partial charge is 0.325 e. The Morgan fingerprint density at radius 2 is 0.808 bits per heavy atom. The van der Waals surface area contributed by atoms with E-state index >= 15 is 0 Å². The van der Waals surface area contributed by atoms with Crippen molar-refractivity contribution in [1.82, 2.24) is 21.3 Å². The number of amides is 6. The van der Waals surface area contributed by atoms with Crippen molar-refractivity contribution in [3.05, 3.63) is 35.9 Å². The Bertz CT molecular complexity index is 3160. The lowest BCUT2D eigenvalue weighted by Gasteiger charge is -2.22. The molecule has 1 aliphatic heterocycles. The zero-order chi connectivity index (χ0) is 96.4. The van der Waals surface area contributed by atoms with Crippen LogP contribution in [0.4, 0.5) is 14.4 Å². The molecule has 125 heavy (non-hydrogen) atoms. The Labute approximate surface area is 741 Å². The van der Waals surface area contributed by atoms with E-state index in [-0.39, 0.29) is 61.5 Å². The number of hydrogen-bond donors (Lipinski definition) is 32. The van der Waals surface area contributed by atoms with Crippen molar-refractivity contribution in [3.63, 3.8) is 0 Å². The van der Waals surface area contributed by atoms with Crippen molar-refractivity contribution in [2.45, 2.75) is 253 Å². The maximum absolute atomic E-state index is 10.4. The molecule has 1 heterocycles. The van der Waals surface area contributed by atoms with E-state index in [1.165, 1.54) is 26.2 Å². The van der Waals surface area contributed by atoms with Gasteiger partial charge in [0.1, 0.15) is 82.3 Å². The van der Waals surface area contributed by atoms with Gasteiger partial charge in [0.15, 0.2) is 0 Å². The second kappa shape index (κ2) is 92.2. The van der Waals surface area contributed by atoms with E-state index in [0.717, 1.165) is 38.4 Å². The minimum Gasteiger partial charge on any atom is -0.480 e. The lowest BCUT2D eigenvalue weighted by molar-refractivity contribution is -0.141. The number of carbonyl (C=O) groups is 15. The number of β-amino-alcohol motifs (C(OH)–C–C–N with tert-alkyl or cyclic N) is 1. The summed E-state index contributed by atoms with van der Waals surface area (Å²) in [6.45, 7) is 10.7. The summed E-state index contributed by atoms with van der Waals surface area (Å²) in [6, 6.07) is -3.46. The number of aliphatic hydroxyl groups excluding tert-OH is 1. The van der Waals surface area contributed by atoms with Crippen LogP contribution in [-0.2, 0) is 82.9 Å². The zero-order valence-electron chi connectivity index (χ0n) is 68.8. The van der Waals surface area contributed by atoms with E-state index in [1.807, 2.05) is 6.07 Å². The van der Waals surface area contributed by atoms with Crippen LogP contribution < -0.4 is 102 Å². The summed E-state index contributed by atoms with van der Waals surface area (Å²) < 4.78 is 35.6. The number of carbonyl (C=O) groups excluding carboxylic acids is 3. The molecule has 744 valence electrons. The third-order valence-electron chi connectivity index (χ3n) is 13.8. The molecule has 0 saturated carbocycles. The molecule has 45 N–H and O–H groups in total. The summed E-state index contributed by atoms with van der Waals surface area (Å²) in [5.74, 6) is -12.2. The molecule has 1 unspecified atom stereocenters. The van der Waals surface area contributed by atoms with E-state index in [4.69, 9.17) is 141 Å². The molecule has 1 aromatic rings. The molecule has 53 heteroatoms. The van der Waals surface area contributed by atoms with Crippen LogP contribution in [0.1, 0.15) is 186 Å². The van der Waals surface area contributed by atoms with Crippen LogP contribution in [0.25, 0.3) is 0 Å². The highest BCUT2D eigenvalue weighted by molar-refractivity contribution is 7.90. The molecular formula is C72H156N18O32S3. The molecule has 6 amide bonds. The van der Waals surface area contributed by atoms with Gasteiger partial charge in [0.05, 0.1) is 18.5 Å². The SMILES string of the molecule is C.C.C.C.C.CC(C)(C)[C@H](N)C(=O)O.CCCCCC[C@H](N)C(=O)O.CCCCC[C@H](N)C(=O)O.COC[C@H](N)C(=O)O.CS(=O)(=O)C[C@H](N)C(=O)O.CS(=O)C[C@H](N)C(=O)O.NC(=O)NCCCC[C@H](N)C(=O)O.NC(=O)NCCC[C@H](N)C(=O)O.NC(=O)NC[C@H](N)C(=O)O.N[C@@H](CCS)C(=O)O.N[C@H](C(=O)O)c1ccccc1.O=C(O)[C@@H]1C[C@@H](O)CN1. The number of nitrogens with two attached hydrogens (primary N) is 14. The summed E-state index contributed by atoms with van der Waals surface area (Å²) >= 11 is 3.81. The molecule has 50 nitrogen and oxygen atoms in total. The van der Waals surface area contributed by atoms with Crippen LogP contribution in [0.15, 0.2) is 30.3 Å². The van der Waals surface area contributed by atoms with Gasteiger partial charge in [0.25, 0.3) is 0 Å². The molecule has 0 aliphatic carbocycles. The first-order valence-corrected chi connectivity index (χ1v) is 40.6. The lowest BCUT2D eigenvalue weighted by Crippen LogP contribution is -2.44. The van der Waals surface area contributed by atoms with Gasteiger partial charge in [-0.05, 0) is 68.1 Å². The van der Waals surface area contributed by atoms with Crippen LogP contribution in [-0.4, -0.2) is 311 Å². The normalized spacial score (nSPS) is 14.3. The predicted molar refractivity (Wildman–Crippen MR) is 478 cm³/mol. The van der Waals surface area contributed by atoms with E-state index in [0.29, 0.717) is 88.7 Å². The number of hydrogen-bond acceptors (Lipinski definition) is 33. The fraction of sp³-hybridized carbons (Fsp3) is 0.708. The average Bonchev–Trinajstić information content (AvgIpc) is 1.89. The van der Waals surface area contributed by atoms with Gasteiger partial charge in [-0.2, -0.15) is 12.6 Å². The number of sulfone groups is 1. The molecule has 0 aromatic heterocycles. The van der Waals surface area contributed by atoms with Crippen molar-refractivity contribution in [3.8, 4) is 0 Å². The standard InChI is InChI=1S/C8H9NO2.C8H17NO2.C7H15N3O3.C7H15NO2.C6H13N3O3.C6H13NO2.C5H9NO3.C4H9N3O3.C4H9NO4S.C4H9NO3S.C4H9NO3.C4H9NO2S.5CH4/c9-7(8(10)11)6-4-2-1-3-5-6;1-2-3-4-5-6-7(9)8(10)11;8-5(6(11)12)3-1-2-4-10-7(9)13;1-2-3-4-5-6(8)7(9)10;7-4(5(10)11)2-1-3-9-6(8)12;1-6(2,3)4(7)5(8)9;7-3-1-4(5(8)9)6-2-3;5-2(3(8)9)1-7-4(6)10;1-10(8,9)2-3(5)4(6)7;1-9(8)2-3(5)4(6)7;1-8-2-3(5)4(6)7;5-3(1-2-8)4(6)7;;;;;/h1-5,7H,9H2,(H,10,11);7H,2-6,9H2,1H3,(H,10,11);5H,1-4,8H2,(H,11,12)(H3,9,10,13);6H,2-5,8H2,1H3,(H,9,10);4H,1-3,7H2,(H,10,11)(H3,8,9,12);4H,7H2,1-3H3,(H,8,9);3-4,6-7H,1-2H2,(H,8,9);2H,1,5H2,(H,8,9)(H3,6,7,10);3H,2,5H2,1H3,(H,6,7);3H,2,5H2,1H3,(H,6,7);3H,2,5H2,1H3,(H,6,7);3,8H,1-2,5H2,(H,6,7);5*1H4/t2*7-;5-;6-;2*4-;3-,4+;2-;3-;3-,9?;2*3-;;;;;/m000001100000...../s1. The van der Waals surface area contributed by atoms with Crippen LogP contribution in [0, 0.1) is 5.41 Å². The first-order chi connectivity index (χ1) is 55.0. The van der Waals surface area contributed by atoms with Crippen molar-refractivity contribution in [1.29, 1.82) is 0 Å². The van der Waals surface area contributed by atoms with E-state index < -0.39 is 195 Å².